The maximum absolute atomic E-state index is 13.5. The lowest BCUT2D eigenvalue weighted by molar-refractivity contribution is 0.102. The SMILES string of the molecule is CCCOc1ccc(Cl)cc1C1NC(=S)N(CC)C(C)=C1C(=O)c1ccccc1. The van der Waals surface area contributed by atoms with Crippen molar-refractivity contribution in [3.8, 4) is 5.75 Å². The quantitative estimate of drug-likeness (QED) is 0.463. The molecule has 0 amide bonds. The molecule has 1 N–H and O–H groups in total. The summed E-state index contributed by atoms with van der Waals surface area (Å²) in [6.45, 7) is 7.26. The molecule has 1 aliphatic heterocycles. The first kappa shape index (κ1) is 21.3. The zero-order valence-corrected chi connectivity index (χ0v) is 18.4. The molecule has 0 aromatic heterocycles. The lowest BCUT2D eigenvalue weighted by Crippen LogP contribution is -2.47. The van der Waals surface area contributed by atoms with Crippen molar-refractivity contribution in [3.05, 3.63) is 76.0 Å². The molecule has 6 heteroatoms. The molecule has 0 saturated carbocycles. The van der Waals surface area contributed by atoms with E-state index in [1.165, 1.54) is 0 Å². The van der Waals surface area contributed by atoms with E-state index in [0.29, 0.717) is 40.2 Å². The van der Waals surface area contributed by atoms with Crippen molar-refractivity contribution in [2.45, 2.75) is 33.2 Å². The number of nitrogens with zero attached hydrogens (tertiary/aromatic N) is 1. The Hall–Kier alpha value is -2.37. The number of hydrogen-bond acceptors (Lipinski definition) is 3. The van der Waals surface area contributed by atoms with E-state index in [2.05, 4.69) is 12.2 Å². The average Bonchev–Trinajstić information content (AvgIpc) is 2.73. The molecule has 1 aliphatic rings. The summed E-state index contributed by atoms with van der Waals surface area (Å²) in [5.74, 6) is 0.663. The molecule has 29 heavy (non-hydrogen) atoms. The van der Waals surface area contributed by atoms with E-state index in [0.717, 1.165) is 17.7 Å². The summed E-state index contributed by atoms with van der Waals surface area (Å²) in [5, 5.41) is 4.52. The zero-order valence-electron chi connectivity index (χ0n) is 16.9. The highest BCUT2D eigenvalue weighted by Crippen LogP contribution is 2.38. The van der Waals surface area contributed by atoms with E-state index in [1.807, 2.05) is 61.2 Å². The molecule has 1 heterocycles. The molecule has 2 aromatic carbocycles. The maximum Gasteiger partial charge on any atom is 0.193 e. The highest BCUT2D eigenvalue weighted by molar-refractivity contribution is 7.80. The Kier molecular flexibility index (Phi) is 6.93. The summed E-state index contributed by atoms with van der Waals surface area (Å²) < 4.78 is 5.96. The molecule has 0 saturated heterocycles. The van der Waals surface area contributed by atoms with E-state index in [1.54, 1.807) is 6.07 Å². The number of hydrogen-bond donors (Lipinski definition) is 1. The molecular weight excluding hydrogens is 404 g/mol. The van der Waals surface area contributed by atoms with Crippen LogP contribution < -0.4 is 10.1 Å². The molecule has 0 spiro atoms. The Bertz CT molecular complexity index is 943. The third-order valence-electron chi connectivity index (χ3n) is 4.94. The third-order valence-corrected chi connectivity index (χ3v) is 5.51. The van der Waals surface area contributed by atoms with Crippen molar-refractivity contribution >= 4 is 34.7 Å². The minimum Gasteiger partial charge on any atom is -0.493 e. The van der Waals surface area contributed by atoms with E-state index in [9.17, 15) is 4.79 Å². The largest absolute Gasteiger partial charge is 0.493 e. The van der Waals surface area contributed by atoms with Gasteiger partial charge < -0.3 is 15.0 Å². The van der Waals surface area contributed by atoms with Crippen LogP contribution in [0.1, 0.15) is 49.2 Å². The van der Waals surface area contributed by atoms with Gasteiger partial charge in [0.15, 0.2) is 10.9 Å². The van der Waals surface area contributed by atoms with Crippen molar-refractivity contribution in [1.29, 1.82) is 0 Å². The van der Waals surface area contributed by atoms with Gasteiger partial charge in [-0.2, -0.15) is 0 Å². The molecule has 2 aromatic rings. The fraction of sp³-hybridized carbons (Fsp3) is 0.304. The number of benzene rings is 2. The molecule has 0 aliphatic carbocycles. The lowest BCUT2D eigenvalue weighted by Gasteiger charge is -2.38. The van der Waals surface area contributed by atoms with E-state index < -0.39 is 6.04 Å². The van der Waals surface area contributed by atoms with Crippen LogP contribution in [0, 0.1) is 0 Å². The number of halogens is 1. The predicted molar refractivity (Wildman–Crippen MR) is 122 cm³/mol. The van der Waals surface area contributed by atoms with Crippen molar-refractivity contribution < 1.29 is 9.53 Å². The van der Waals surface area contributed by atoms with Gasteiger partial charge in [-0.15, -0.1) is 0 Å². The summed E-state index contributed by atoms with van der Waals surface area (Å²) in [5.41, 5.74) is 2.94. The molecule has 0 radical (unpaired) electrons. The van der Waals surface area contributed by atoms with Crippen LogP contribution in [0.5, 0.6) is 5.75 Å². The number of nitrogens with one attached hydrogen (secondary N) is 1. The molecule has 0 fully saturated rings. The Morgan fingerprint density at radius 1 is 1.21 bits per heavy atom. The minimum atomic E-state index is -0.441. The van der Waals surface area contributed by atoms with Crippen LogP contribution in [0.4, 0.5) is 0 Å². The highest BCUT2D eigenvalue weighted by atomic mass is 35.5. The van der Waals surface area contributed by atoms with Crippen molar-refractivity contribution in [3.63, 3.8) is 0 Å². The van der Waals surface area contributed by atoms with Gasteiger partial charge in [0, 0.05) is 34.0 Å². The number of ketones is 1. The summed E-state index contributed by atoms with van der Waals surface area (Å²) in [4.78, 5) is 15.5. The Morgan fingerprint density at radius 3 is 2.59 bits per heavy atom. The summed E-state index contributed by atoms with van der Waals surface area (Å²) in [6, 6.07) is 14.3. The van der Waals surface area contributed by atoms with Gasteiger partial charge in [0.2, 0.25) is 0 Å². The number of carbonyl (C=O) groups excluding carboxylic acids is 1. The van der Waals surface area contributed by atoms with E-state index in [4.69, 9.17) is 28.6 Å². The molecule has 1 unspecified atom stereocenters. The Balaban J connectivity index is 2.16. The highest BCUT2D eigenvalue weighted by Gasteiger charge is 2.35. The molecule has 1 atom stereocenters. The smallest absolute Gasteiger partial charge is 0.193 e. The maximum atomic E-state index is 13.5. The van der Waals surface area contributed by atoms with Gasteiger partial charge in [0.25, 0.3) is 0 Å². The summed E-state index contributed by atoms with van der Waals surface area (Å²) in [7, 11) is 0. The predicted octanol–water partition coefficient (Wildman–Crippen LogP) is 5.54. The standard InChI is InChI=1S/C23H25ClN2O2S/c1-4-13-28-19-12-11-17(24)14-18(19)21-20(15(3)26(5-2)23(29)25-21)22(27)16-9-7-6-8-10-16/h6-12,14,21H,4-5,13H2,1-3H3,(H,25,29). The van der Waals surface area contributed by atoms with Crippen LogP contribution >= 0.6 is 23.8 Å². The minimum absolute atomic E-state index is 0.0389. The van der Waals surface area contributed by atoms with Crippen molar-refractivity contribution in [2.24, 2.45) is 0 Å². The number of carbonyl (C=O) groups is 1. The molecular formula is C23H25ClN2O2S. The molecule has 4 nitrogen and oxygen atoms in total. The van der Waals surface area contributed by atoms with Crippen LogP contribution in [-0.4, -0.2) is 28.9 Å². The van der Waals surface area contributed by atoms with Crippen molar-refractivity contribution in [1.82, 2.24) is 10.2 Å². The van der Waals surface area contributed by atoms with Gasteiger partial charge in [-0.05, 0) is 50.7 Å². The lowest BCUT2D eigenvalue weighted by atomic mass is 9.88. The normalized spacial score (nSPS) is 16.6. The monoisotopic (exact) mass is 428 g/mol. The number of rotatable bonds is 7. The fourth-order valence-electron chi connectivity index (χ4n) is 3.52. The number of thiocarbonyl (C=S) groups is 1. The van der Waals surface area contributed by atoms with Crippen LogP contribution in [0.15, 0.2) is 59.8 Å². The number of allylic oxidation sites excluding steroid dienone is 1. The summed E-state index contributed by atoms with van der Waals surface area (Å²) in [6.07, 6.45) is 0.882. The first-order valence-electron chi connectivity index (χ1n) is 9.78. The van der Waals surface area contributed by atoms with E-state index >= 15 is 0 Å². The van der Waals surface area contributed by atoms with Gasteiger partial charge in [-0.3, -0.25) is 4.79 Å². The van der Waals surface area contributed by atoms with E-state index in [-0.39, 0.29) is 5.78 Å². The van der Waals surface area contributed by atoms with Crippen molar-refractivity contribution in [2.75, 3.05) is 13.2 Å². The Morgan fingerprint density at radius 2 is 1.93 bits per heavy atom. The van der Waals surface area contributed by atoms with Crippen LogP contribution in [0.25, 0.3) is 0 Å². The summed E-state index contributed by atoms with van der Waals surface area (Å²) >= 11 is 11.9. The zero-order chi connectivity index (χ0) is 21.0. The first-order valence-corrected chi connectivity index (χ1v) is 10.6. The molecule has 152 valence electrons. The van der Waals surface area contributed by atoms with Gasteiger partial charge in [-0.25, -0.2) is 0 Å². The Labute approximate surface area is 182 Å². The fourth-order valence-corrected chi connectivity index (χ4v) is 4.09. The third kappa shape index (κ3) is 4.46. The second-order valence-electron chi connectivity index (χ2n) is 6.85. The number of Topliss-reactive ketones (excluding diaryl/α,β-unsaturated/α-hetero) is 1. The van der Waals surface area contributed by atoms with Crippen LogP contribution in [-0.2, 0) is 0 Å². The average molecular weight is 429 g/mol. The first-order chi connectivity index (χ1) is 14.0. The van der Waals surface area contributed by atoms with Gasteiger partial charge in [0.1, 0.15) is 5.75 Å². The van der Waals surface area contributed by atoms with Crippen LogP contribution in [0.2, 0.25) is 5.02 Å². The van der Waals surface area contributed by atoms with Crippen LogP contribution in [0.3, 0.4) is 0 Å². The number of ether oxygens (including phenoxy) is 1. The second kappa shape index (κ2) is 9.42. The molecule has 3 rings (SSSR count). The van der Waals surface area contributed by atoms with Gasteiger partial charge in [0.05, 0.1) is 12.6 Å². The van der Waals surface area contributed by atoms with Gasteiger partial charge >= 0.3 is 0 Å². The molecule has 0 bridgehead atoms. The second-order valence-corrected chi connectivity index (χ2v) is 7.67. The topological polar surface area (TPSA) is 41.6 Å². The van der Waals surface area contributed by atoms with Gasteiger partial charge in [-0.1, -0.05) is 48.9 Å².